The summed E-state index contributed by atoms with van der Waals surface area (Å²) in [5.41, 5.74) is -0.812. The molecule has 7 heteroatoms. The van der Waals surface area contributed by atoms with E-state index in [-0.39, 0.29) is 35.0 Å². The molecule has 1 spiro atoms. The second-order valence-electron chi connectivity index (χ2n) is 10.7. The predicted octanol–water partition coefficient (Wildman–Crippen LogP) is 1.99. The summed E-state index contributed by atoms with van der Waals surface area (Å²) in [6.07, 6.45) is 6.93. The molecule has 4 aliphatic rings. The van der Waals surface area contributed by atoms with Crippen molar-refractivity contribution in [3.63, 3.8) is 0 Å². The number of nitrogens with zero attached hydrogens (tertiary/aromatic N) is 1. The lowest BCUT2D eigenvalue weighted by molar-refractivity contribution is -0.138. The van der Waals surface area contributed by atoms with Gasteiger partial charge in [-0.3, -0.25) is 9.59 Å². The predicted molar refractivity (Wildman–Crippen MR) is 110 cm³/mol. The number of rotatable bonds is 4. The third kappa shape index (κ3) is 3.19. The van der Waals surface area contributed by atoms with Gasteiger partial charge in [-0.15, -0.1) is 0 Å². The summed E-state index contributed by atoms with van der Waals surface area (Å²) in [6.45, 7) is 9.52. The van der Waals surface area contributed by atoms with Crippen molar-refractivity contribution in [2.75, 3.05) is 6.54 Å². The Morgan fingerprint density at radius 1 is 1.27 bits per heavy atom. The van der Waals surface area contributed by atoms with Crippen LogP contribution in [0.5, 0.6) is 0 Å². The van der Waals surface area contributed by atoms with E-state index in [9.17, 15) is 9.59 Å². The summed E-state index contributed by atoms with van der Waals surface area (Å²) in [5.74, 6) is -0.305. The Morgan fingerprint density at radius 2 is 2.00 bits per heavy atom. The monoisotopic (exact) mass is 413 g/mol. The van der Waals surface area contributed by atoms with Gasteiger partial charge in [0.1, 0.15) is 11.4 Å². The van der Waals surface area contributed by atoms with Gasteiger partial charge in [-0.25, -0.2) is 0 Å². The van der Waals surface area contributed by atoms with E-state index in [0.717, 1.165) is 18.6 Å². The number of nitrogens with one attached hydrogen (secondary N) is 2. The van der Waals surface area contributed by atoms with Gasteiger partial charge < -0.3 is 24.7 Å². The number of furan rings is 1. The first-order valence-corrected chi connectivity index (χ1v) is 10.9. The van der Waals surface area contributed by atoms with Crippen molar-refractivity contribution in [1.82, 2.24) is 15.5 Å². The molecule has 162 valence electrons. The van der Waals surface area contributed by atoms with Gasteiger partial charge in [0.25, 0.3) is 0 Å². The highest BCUT2D eigenvalue weighted by Crippen LogP contribution is 2.52. The Hall–Kier alpha value is -2.12. The highest BCUT2D eigenvalue weighted by molar-refractivity contribution is 5.93. The maximum atomic E-state index is 13.4. The smallest absolute Gasteiger partial charge is 0.230 e. The molecule has 0 aromatic carbocycles. The topological polar surface area (TPSA) is 83.8 Å². The van der Waals surface area contributed by atoms with Crippen LogP contribution in [0, 0.1) is 11.8 Å². The lowest BCUT2D eigenvalue weighted by Gasteiger charge is -2.47. The van der Waals surface area contributed by atoms with Crippen LogP contribution in [-0.2, 0) is 20.9 Å². The van der Waals surface area contributed by atoms with Crippen molar-refractivity contribution in [2.24, 2.45) is 11.8 Å². The molecule has 2 amide bonds. The third-order valence-electron chi connectivity index (χ3n) is 6.94. The second kappa shape index (κ2) is 6.44. The molecule has 3 fully saturated rings. The van der Waals surface area contributed by atoms with Gasteiger partial charge in [0, 0.05) is 17.1 Å². The van der Waals surface area contributed by atoms with Crippen LogP contribution >= 0.6 is 0 Å². The zero-order chi connectivity index (χ0) is 21.3. The van der Waals surface area contributed by atoms with Crippen LogP contribution in [0.4, 0.5) is 0 Å². The summed E-state index contributed by atoms with van der Waals surface area (Å²) in [7, 11) is 0. The van der Waals surface area contributed by atoms with Crippen molar-refractivity contribution in [3.8, 4) is 0 Å². The maximum Gasteiger partial charge on any atom is 0.230 e. The second-order valence-corrected chi connectivity index (χ2v) is 10.7. The minimum atomic E-state index is -0.691. The highest BCUT2D eigenvalue weighted by Gasteiger charge is 2.67. The summed E-state index contributed by atoms with van der Waals surface area (Å²) in [6, 6.07) is 3.74. The normalized spacial score (nSPS) is 36.3. The van der Waals surface area contributed by atoms with Gasteiger partial charge in [0.15, 0.2) is 0 Å². The standard InChI is InChI=1S/C23H31N3O4/c1-21(2)10-14(11-22(3,4)25-21)24-19(27)17-16-7-8-23(30-16)13-26(20(28)18(17)23)12-15-6-5-9-29-15/h5-9,14,16-18,25H,10-13H2,1-4H3,(H,24,27)/t16-,17+,18-,23+/m1/s1. The SMILES string of the molecule is CC1(C)CC(NC(=O)[C@H]2[C@H]3C=C[C@@]4(CN(Cc5ccco5)C(=O)[C@@H]24)O3)CC(C)(C)N1. The number of amides is 2. The average Bonchev–Trinajstić information content (AvgIpc) is 3.35. The van der Waals surface area contributed by atoms with Gasteiger partial charge in [0.2, 0.25) is 11.8 Å². The Balaban J connectivity index is 1.33. The molecule has 5 rings (SSSR count). The molecule has 3 saturated heterocycles. The molecule has 0 radical (unpaired) electrons. The van der Waals surface area contributed by atoms with Gasteiger partial charge in [-0.2, -0.15) is 0 Å². The number of carbonyl (C=O) groups is 2. The van der Waals surface area contributed by atoms with Gasteiger partial charge in [-0.1, -0.05) is 12.2 Å². The van der Waals surface area contributed by atoms with Crippen LogP contribution in [0.2, 0.25) is 0 Å². The molecule has 4 aliphatic heterocycles. The number of likely N-dealkylation sites (tertiary alicyclic amines) is 1. The number of hydrogen-bond donors (Lipinski definition) is 2. The Labute approximate surface area is 177 Å². The fraction of sp³-hybridized carbons (Fsp3) is 0.652. The van der Waals surface area contributed by atoms with Crippen molar-refractivity contribution in [3.05, 3.63) is 36.3 Å². The van der Waals surface area contributed by atoms with E-state index in [1.54, 1.807) is 11.2 Å². The summed E-state index contributed by atoms with van der Waals surface area (Å²) >= 11 is 0. The minimum absolute atomic E-state index is 0.0237. The van der Waals surface area contributed by atoms with Crippen LogP contribution in [0.1, 0.15) is 46.3 Å². The van der Waals surface area contributed by atoms with Crippen molar-refractivity contribution < 1.29 is 18.7 Å². The molecule has 30 heavy (non-hydrogen) atoms. The van der Waals surface area contributed by atoms with E-state index in [4.69, 9.17) is 9.15 Å². The highest BCUT2D eigenvalue weighted by atomic mass is 16.5. The molecule has 0 aliphatic carbocycles. The molecule has 2 bridgehead atoms. The lowest BCUT2D eigenvalue weighted by Crippen LogP contribution is -2.62. The number of carbonyl (C=O) groups excluding carboxylic acids is 2. The fourth-order valence-corrected chi connectivity index (χ4v) is 6.32. The van der Waals surface area contributed by atoms with Gasteiger partial charge in [-0.05, 0) is 52.7 Å². The minimum Gasteiger partial charge on any atom is -0.467 e. The first-order chi connectivity index (χ1) is 14.1. The molecule has 1 aromatic rings. The molecule has 4 atom stereocenters. The largest absolute Gasteiger partial charge is 0.467 e. The van der Waals surface area contributed by atoms with E-state index in [1.807, 2.05) is 24.3 Å². The first kappa shape index (κ1) is 19.8. The third-order valence-corrected chi connectivity index (χ3v) is 6.94. The molecule has 1 aromatic heterocycles. The van der Waals surface area contributed by atoms with Crippen LogP contribution in [0.15, 0.2) is 35.0 Å². The number of piperidine rings is 1. The summed E-state index contributed by atoms with van der Waals surface area (Å²) in [4.78, 5) is 28.4. The Kier molecular flexibility index (Phi) is 4.25. The van der Waals surface area contributed by atoms with Gasteiger partial charge in [0.05, 0.1) is 37.3 Å². The Morgan fingerprint density at radius 3 is 2.67 bits per heavy atom. The maximum absolute atomic E-state index is 13.4. The summed E-state index contributed by atoms with van der Waals surface area (Å²) < 4.78 is 11.6. The zero-order valence-corrected chi connectivity index (χ0v) is 18.1. The molecule has 0 saturated carbocycles. The Bertz CT molecular complexity index is 874. The number of fused-ring (bicyclic) bond motifs is 1. The molecule has 2 N–H and O–H groups in total. The van der Waals surface area contributed by atoms with E-state index >= 15 is 0 Å². The van der Waals surface area contributed by atoms with E-state index in [1.165, 1.54) is 0 Å². The van der Waals surface area contributed by atoms with Crippen molar-refractivity contribution in [2.45, 2.75) is 75.9 Å². The number of ether oxygens (including phenoxy) is 1. The lowest BCUT2D eigenvalue weighted by atomic mass is 9.75. The van der Waals surface area contributed by atoms with Crippen LogP contribution in [0.3, 0.4) is 0 Å². The van der Waals surface area contributed by atoms with Crippen LogP contribution in [-0.4, -0.2) is 52.1 Å². The van der Waals surface area contributed by atoms with Gasteiger partial charge >= 0.3 is 0 Å². The van der Waals surface area contributed by atoms with Crippen LogP contribution in [0.25, 0.3) is 0 Å². The molecule has 7 nitrogen and oxygen atoms in total. The summed E-state index contributed by atoms with van der Waals surface area (Å²) in [5, 5.41) is 6.91. The molecular weight excluding hydrogens is 382 g/mol. The van der Waals surface area contributed by atoms with E-state index in [0.29, 0.717) is 13.1 Å². The molecular formula is C23H31N3O4. The quantitative estimate of drug-likeness (QED) is 0.738. The van der Waals surface area contributed by atoms with E-state index < -0.39 is 17.4 Å². The molecule has 5 heterocycles. The van der Waals surface area contributed by atoms with Crippen molar-refractivity contribution >= 4 is 11.8 Å². The van der Waals surface area contributed by atoms with Crippen LogP contribution < -0.4 is 10.6 Å². The van der Waals surface area contributed by atoms with E-state index in [2.05, 4.69) is 38.3 Å². The zero-order valence-electron chi connectivity index (χ0n) is 18.1. The first-order valence-electron chi connectivity index (χ1n) is 10.9. The fourth-order valence-electron chi connectivity index (χ4n) is 6.32. The molecule has 0 unspecified atom stereocenters. The average molecular weight is 414 g/mol. The van der Waals surface area contributed by atoms with Crippen molar-refractivity contribution in [1.29, 1.82) is 0 Å². The number of hydrogen-bond acceptors (Lipinski definition) is 5.